The first-order valence-electron chi connectivity index (χ1n) is 3.56. The summed E-state index contributed by atoms with van der Waals surface area (Å²) >= 11 is 0. The molecular weight excluding hydrogens is 194 g/mol. The van der Waals surface area contributed by atoms with Gasteiger partial charge in [0.15, 0.2) is 0 Å². The van der Waals surface area contributed by atoms with E-state index < -0.39 is 13.8 Å². The third kappa shape index (κ3) is 3.11. The number of hydrogen-bond acceptors (Lipinski definition) is 3. The molecule has 1 aromatic carbocycles. The second-order valence-electron chi connectivity index (χ2n) is 2.42. The second-order valence-corrected chi connectivity index (χ2v) is 4.35. The molecule has 0 unspecified atom stereocenters. The normalized spacial score (nSPS) is 12.2. The first-order chi connectivity index (χ1) is 6.03. The summed E-state index contributed by atoms with van der Waals surface area (Å²) in [5.41, 5.74) is 0. The van der Waals surface area contributed by atoms with Crippen LogP contribution in [0.2, 0.25) is 0 Å². The van der Waals surface area contributed by atoms with E-state index in [2.05, 4.69) is 6.58 Å². The minimum atomic E-state index is -3.79. The molecule has 0 aliphatic carbocycles. The molecule has 0 spiro atoms. The van der Waals surface area contributed by atoms with Crippen molar-refractivity contribution in [3.05, 3.63) is 42.5 Å². The molecule has 72 valence electrons. The van der Waals surface area contributed by atoms with Crippen LogP contribution in [-0.4, -0.2) is 9.79 Å². The van der Waals surface area contributed by atoms with Crippen LogP contribution in [0.1, 0.15) is 0 Å². The van der Waals surface area contributed by atoms with E-state index in [0.717, 1.165) is 5.82 Å². The van der Waals surface area contributed by atoms with Gasteiger partial charge < -0.3 is 0 Å². The zero-order valence-corrected chi connectivity index (χ0v) is 7.77. The van der Waals surface area contributed by atoms with E-state index >= 15 is 0 Å². The summed E-state index contributed by atoms with van der Waals surface area (Å²) in [5.74, 6) is 0.753. The van der Waals surface area contributed by atoms with E-state index in [4.69, 9.17) is 14.3 Å². The summed E-state index contributed by atoms with van der Waals surface area (Å²) in [7, 11) is -3.79. The summed E-state index contributed by atoms with van der Waals surface area (Å²) in [6.07, 6.45) is 0. The fourth-order valence-electron chi connectivity index (χ4n) is 0.718. The molecule has 0 aliphatic rings. The van der Waals surface area contributed by atoms with Crippen LogP contribution in [0.3, 0.4) is 0 Å². The van der Waals surface area contributed by atoms with Gasteiger partial charge in [0.1, 0.15) is 0 Å². The van der Waals surface area contributed by atoms with Gasteiger partial charge in [-0.3, -0.25) is 0 Å². The molecule has 0 amide bonds. The Morgan fingerprint density at radius 3 is 2.31 bits per heavy atom. The van der Waals surface area contributed by atoms with E-state index in [9.17, 15) is 4.39 Å². The van der Waals surface area contributed by atoms with Crippen molar-refractivity contribution in [2.75, 3.05) is 0 Å². The van der Waals surface area contributed by atoms with Gasteiger partial charge in [-0.2, -0.15) is 0 Å². The van der Waals surface area contributed by atoms with Crippen molar-refractivity contribution in [1.29, 1.82) is 0 Å². The van der Waals surface area contributed by atoms with Crippen LogP contribution in [0.4, 0.5) is 4.39 Å². The third-order valence-corrected chi connectivity index (χ3v) is 2.42. The average Bonchev–Trinajstić information content (AvgIpc) is 2.09. The van der Waals surface area contributed by atoms with Gasteiger partial charge in [-0.1, -0.05) is 0 Å². The standard InChI is InChI=1S/C8H10FO3P/c1-2-13(10,11)12-8-5-3-7(9)4-6-8/h2-6,10-11,13H,1H2. The van der Waals surface area contributed by atoms with Crippen LogP contribution in [0.5, 0.6) is 5.75 Å². The first-order valence-corrected chi connectivity index (χ1v) is 5.44. The molecule has 0 bridgehead atoms. The van der Waals surface area contributed by atoms with Gasteiger partial charge >= 0.3 is 74.9 Å². The Morgan fingerprint density at radius 2 is 1.85 bits per heavy atom. The fourth-order valence-corrected chi connectivity index (χ4v) is 1.28. The Balaban J connectivity index is 2.75. The number of halogens is 1. The van der Waals surface area contributed by atoms with Crippen LogP contribution in [0.15, 0.2) is 36.7 Å². The second kappa shape index (κ2) is 3.83. The van der Waals surface area contributed by atoms with Gasteiger partial charge in [-0.05, 0) is 0 Å². The molecule has 0 fully saturated rings. The average molecular weight is 204 g/mol. The molecule has 13 heavy (non-hydrogen) atoms. The topological polar surface area (TPSA) is 49.7 Å². The summed E-state index contributed by atoms with van der Waals surface area (Å²) < 4.78 is 17.2. The molecule has 1 aromatic rings. The molecule has 0 radical (unpaired) electrons. The van der Waals surface area contributed by atoms with Gasteiger partial charge in [-0.15, -0.1) is 0 Å². The van der Waals surface area contributed by atoms with Crippen LogP contribution < -0.4 is 4.52 Å². The van der Waals surface area contributed by atoms with Crippen LogP contribution in [-0.2, 0) is 0 Å². The van der Waals surface area contributed by atoms with Gasteiger partial charge in [-0.25, -0.2) is 0 Å². The Hall–Kier alpha value is -0.960. The van der Waals surface area contributed by atoms with E-state index in [1.165, 1.54) is 24.3 Å². The van der Waals surface area contributed by atoms with Crippen LogP contribution in [0.25, 0.3) is 0 Å². The number of hydrogen-bond donors (Lipinski definition) is 2. The minimum absolute atomic E-state index is 0.206. The summed E-state index contributed by atoms with van der Waals surface area (Å²) in [4.78, 5) is 18.2. The van der Waals surface area contributed by atoms with Gasteiger partial charge in [0, 0.05) is 0 Å². The van der Waals surface area contributed by atoms with E-state index in [0.29, 0.717) is 0 Å². The van der Waals surface area contributed by atoms with Crippen molar-refractivity contribution >= 4 is 7.94 Å². The zero-order chi connectivity index (χ0) is 9.90. The number of rotatable bonds is 3. The maximum atomic E-state index is 12.4. The maximum absolute atomic E-state index is 12.4. The predicted octanol–water partition coefficient (Wildman–Crippen LogP) is 1.83. The molecule has 3 nitrogen and oxygen atoms in total. The van der Waals surface area contributed by atoms with E-state index in [1.54, 1.807) is 0 Å². The van der Waals surface area contributed by atoms with Crippen molar-refractivity contribution in [3.8, 4) is 5.75 Å². The molecule has 0 heterocycles. The van der Waals surface area contributed by atoms with Gasteiger partial charge in [0.2, 0.25) is 0 Å². The molecule has 1 rings (SSSR count). The Kier molecular flexibility index (Phi) is 2.98. The molecule has 0 saturated carbocycles. The van der Waals surface area contributed by atoms with Gasteiger partial charge in [0.25, 0.3) is 0 Å². The van der Waals surface area contributed by atoms with Crippen LogP contribution >= 0.6 is 7.94 Å². The SMILES string of the molecule is C=C[PH](O)(O)Oc1ccc(F)cc1. The molecule has 0 aliphatic heterocycles. The number of benzene rings is 1. The zero-order valence-electron chi connectivity index (χ0n) is 6.77. The molecule has 0 saturated heterocycles. The predicted molar refractivity (Wildman–Crippen MR) is 50.0 cm³/mol. The van der Waals surface area contributed by atoms with Crippen LogP contribution in [0, 0.1) is 5.82 Å². The van der Waals surface area contributed by atoms with Crippen molar-refractivity contribution < 1.29 is 18.7 Å². The Bertz CT molecular complexity index is 297. The van der Waals surface area contributed by atoms with Gasteiger partial charge in [0.05, 0.1) is 0 Å². The van der Waals surface area contributed by atoms with E-state index in [-0.39, 0.29) is 5.75 Å². The summed E-state index contributed by atoms with van der Waals surface area (Å²) in [6, 6.07) is 4.96. The molecule has 2 N–H and O–H groups in total. The quantitative estimate of drug-likeness (QED) is 0.738. The molecular formula is C8H10FO3P. The van der Waals surface area contributed by atoms with Crippen molar-refractivity contribution in [1.82, 2.24) is 0 Å². The fraction of sp³-hybridized carbons (Fsp3) is 0. The first kappa shape index (κ1) is 10.1. The monoisotopic (exact) mass is 204 g/mol. The van der Waals surface area contributed by atoms with E-state index in [1.807, 2.05) is 0 Å². The molecule has 5 heteroatoms. The summed E-state index contributed by atoms with van der Waals surface area (Å²) in [6.45, 7) is 3.21. The van der Waals surface area contributed by atoms with Crippen molar-refractivity contribution in [2.45, 2.75) is 0 Å². The molecule has 0 aromatic heterocycles. The summed E-state index contributed by atoms with van der Waals surface area (Å²) in [5, 5.41) is 0. The Labute approximate surface area is 75.7 Å². The van der Waals surface area contributed by atoms with Crippen molar-refractivity contribution in [2.24, 2.45) is 0 Å². The third-order valence-electron chi connectivity index (χ3n) is 1.35. The Morgan fingerprint density at radius 1 is 1.31 bits per heavy atom. The molecule has 0 atom stereocenters. The van der Waals surface area contributed by atoms with Crippen molar-refractivity contribution in [3.63, 3.8) is 0 Å².